The van der Waals surface area contributed by atoms with Crippen LogP contribution >= 0.6 is 0 Å². The molecule has 0 aliphatic rings. The van der Waals surface area contributed by atoms with Gasteiger partial charge in [0, 0.05) is 20.8 Å². The van der Waals surface area contributed by atoms with Crippen molar-refractivity contribution in [1.29, 1.82) is 0 Å². The number of hydrogen-bond acceptors (Lipinski definition) is 4. The number of rotatable bonds is 7. The summed E-state index contributed by atoms with van der Waals surface area (Å²) < 4.78 is 15.6. The summed E-state index contributed by atoms with van der Waals surface area (Å²) in [6.07, 6.45) is 0.174. The number of hydrogen-bond donors (Lipinski definition) is 1. The quantitative estimate of drug-likeness (QED) is 0.386. The summed E-state index contributed by atoms with van der Waals surface area (Å²) in [6.45, 7) is 4.16. The largest absolute Gasteiger partial charge is 0.398 e. The monoisotopic (exact) mass is 208 g/mol. The van der Waals surface area contributed by atoms with Crippen molar-refractivity contribution in [3.05, 3.63) is 0 Å². The third kappa shape index (κ3) is 6.17. The van der Waals surface area contributed by atoms with Crippen molar-refractivity contribution < 1.29 is 18.7 Å². The topological polar surface area (TPSA) is 47.9 Å². The van der Waals surface area contributed by atoms with Crippen molar-refractivity contribution in [2.24, 2.45) is 0 Å². The van der Waals surface area contributed by atoms with Crippen LogP contribution in [-0.2, 0) is 13.6 Å². The van der Waals surface area contributed by atoms with Crippen molar-refractivity contribution in [2.75, 3.05) is 20.8 Å². The molecule has 13 heavy (non-hydrogen) atoms. The van der Waals surface area contributed by atoms with Gasteiger partial charge < -0.3 is 18.7 Å². The fraction of sp³-hybridized carbons (Fsp3) is 1.00. The molecule has 0 aromatic carbocycles. The van der Waals surface area contributed by atoms with Gasteiger partial charge in [-0.25, -0.2) is 0 Å². The predicted octanol–water partition coefficient (Wildman–Crippen LogP) is 1.10. The average Bonchev–Trinajstić information content (AvgIpc) is 2.12. The minimum atomic E-state index is -1.93. The van der Waals surface area contributed by atoms with E-state index in [1.165, 1.54) is 0 Å². The summed E-state index contributed by atoms with van der Waals surface area (Å²) in [7, 11) is 1.41. The highest BCUT2D eigenvalue weighted by Gasteiger charge is 2.27. The van der Waals surface area contributed by atoms with Crippen LogP contribution in [0.2, 0.25) is 12.6 Å². The van der Waals surface area contributed by atoms with Gasteiger partial charge in [0.15, 0.2) is 6.29 Å². The Labute approximate surface area is 81.1 Å². The Balaban J connectivity index is 3.50. The molecule has 1 atom stereocenters. The average molecular weight is 208 g/mol. The molecule has 0 aliphatic heterocycles. The molecule has 4 nitrogen and oxygen atoms in total. The van der Waals surface area contributed by atoms with E-state index >= 15 is 0 Å². The van der Waals surface area contributed by atoms with E-state index in [4.69, 9.17) is 18.7 Å². The zero-order chi connectivity index (χ0) is 10.3. The fourth-order valence-corrected chi connectivity index (χ4v) is 2.30. The van der Waals surface area contributed by atoms with Crippen LogP contribution in [0.3, 0.4) is 0 Å². The summed E-state index contributed by atoms with van der Waals surface area (Å²) in [5.41, 5.74) is 0. The second-order valence-electron chi connectivity index (χ2n) is 3.12. The van der Waals surface area contributed by atoms with Crippen molar-refractivity contribution in [3.8, 4) is 0 Å². The van der Waals surface area contributed by atoms with Crippen LogP contribution < -0.4 is 0 Å². The Morgan fingerprint density at radius 1 is 1.31 bits per heavy atom. The van der Waals surface area contributed by atoms with Crippen LogP contribution in [0.4, 0.5) is 0 Å². The van der Waals surface area contributed by atoms with E-state index in [-0.39, 0.29) is 0 Å². The molecular weight excluding hydrogens is 188 g/mol. The van der Waals surface area contributed by atoms with Crippen LogP contribution in [-0.4, -0.2) is 40.8 Å². The van der Waals surface area contributed by atoms with Crippen molar-refractivity contribution in [2.45, 2.75) is 32.2 Å². The van der Waals surface area contributed by atoms with E-state index in [0.29, 0.717) is 6.61 Å². The van der Waals surface area contributed by atoms with Crippen LogP contribution in [0.15, 0.2) is 0 Å². The molecule has 0 radical (unpaired) electrons. The molecule has 0 bridgehead atoms. The first-order valence-electron chi connectivity index (χ1n) is 4.44. The Morgan fingerprint density at radius 2 is 1.85 bits per heavy atom. The molecule has 80 valence electrons. The van der Waals surface area contributed by atoms with E-state index in [2.05, 4.69) is 0 Å². The van der Waals surface area contributed by atoms with E-state index in [9.17, 15) is 0 Å². The molecule has 0 rings (SSSR count). The predicted molar refractivity (Wildman–Crippen MR) is 52.7 cm³/mol. The lowest BCUT2D eigenvalue weighted by Gasteiger charge is -2.22. The van der Waals surface area contributed by atoms with Crippen LogP contribution in [0.25, 0.3) is 0 Å². The molecule has 0 aromatic rings. The van der Waals surface area contributed by atoms with Gasteiger partial charge in [0.05, 0.1) is 0 Å². The van der Waals surface area contributed by atoms with Gasteiger partial charge in [-0.2, -0.15) is 0 Å². The second-order valence-corrected chi connectivity index (χ2v) is 6.70. The van der Waals surface area contributed by atoms with Crippen molar-refractivity contribution in [3.63, 3.8) is 0 Å². The summed E-state index contributed by atoms with van der Waals surface area (Å²) >= 11 is 0. The van der Waals surface area contributed by atoms with Gasteiger partial charge in [-0.3, -0.25) is 0 Å². The Morgan fingerprint density at radius 3 is 2.23 bits per heavy atom. The minimum absolute atomic E-state index is 0.549. The molecule has 0 aliphatic carbocycles. The zero-order valence-corrected chi connectivity index (χ0v) is 9.87. The fourth-order valence-electron chi connectivity index (χ4n) is 0.935. The third-order valence-electron chi connectivity index (χ3n) is 2.00. The van der Waals surface area contributed by atoms with Gasteiger partial charge in [0.25, 0.3) is 0 Å². The van der Waals surface area contributed by atoms with Crippen LogP contribution in [0.5, 0.6) is 0 Å². The van der Waals surface area contributed by atoms with E-state index in [0.717, 1.165) is 12.5 Å². The standard InChI is InChI=1S/C8H20O4Si/c1-8(9)12-6-5-7-13(4,10-2)11-3/h8-9H,5-7H2,1-4H3. The third-order valence-corrected chi connectivity index (χ3v) is 4.99. The van der Waals surface area contributed by atoms with Gasteiger partial charge in [-0.1, -0.05) is 0 Å². The van der Waals surface area contributed by atoms with Gasteiger partial charge in [-0.15, -0.1) is 0 Å². The maximum absolute atomic E-state index is 8.82. The normalized spacial score (nSPS) is 14.5. The molecule has 5 heteroatoms. The molecule has 0 saturated carbocycles. The highest BCUT2D eigenvalue weighted by Crippen LogP contribution is 2.13. The van der Waals surface area contributed by atoms with Crippen molar-refractivity contribution >= 4 is 8.56 Å². The molecule has 0 fully saturated rings. The van der Waals surface area contributed by atoms with Crippen LogP contribution in [0.1, 0.15) is 13.3 Å². The lowest BCUT2D eigenvalue weighted by Crippen LogP contribution is -2.36. The van der Waals surface area contributed by atoms with Crippen molar-refractivity contribution in [1.82, 2.24) is 0 Å². The van der Waals surface area contributed by atoms with Gasteiger partial charge in [0.2, 0.25) is 0 Å². The molecule has 1 N–H and O–H groups in total. The smallest absolute Gasteiger partial charge is 0.334 e. The maximum Gasteiger partial charge on any atom is 0.334 e. The summed E-state index contributed by atoms with van der Waals surface area (Å²) in [6, 6.07) is 0.882. The molecule has 0 amide bonds. The van der Waals surface area contributed by atoms with E-state index < -0.39 is 14.9 Å². The zero-order valence-electron chi connectivity index (χ0n) is 8.87. The first kappa shape index (κ1) is 13.1. The number of aliphatic hydroxyl groups excluding tert-OH is 1. The van der Waals surface area contributed by atoms with Crippen LogP contribution in [0, 0.1) is 0 Å². The van der Waals surface area contributed by atoms with Gasteiger partial charge in [-0.05, 0) is 25.9 Å². The Kier molecular flexibility index (Phi) is 6.53. The summed E-state index contributed by atoms with van der Waals surface area (Å²) in [5, 5.41) is 8.82. The minimum Gasteiger partial charge on any atom is -0.398 e. The molecule has 0 heterocycles. The Hall–Kier alpha value is 0.0569. The molecule has 1 unspecified atom stereocenters. The molecule has 0 saturated heterocycles. The first-order chi connectivity index (χ1) is 6.04. The Bertz CT molecular complexity index is 125. The van der Waals surface area contributed by atoms with Gasteiger partial charge in [0.1, 0.15) is 0 Å². The highest BCUT2D eigenvalue weighted by molar-refractivity contribution is 6.65. The lowest BCUT2D eigenvalue weighted by molar-refractivity contribution is -0.0850. The van der Waals surface area contributed by atoms with E-state index in [1.54, 1.807) is 21.1 Å². The highest BCUT2D eigenvalue weighted by atomic mass is 28.4. The first-order valence-corrected chi connectivity index (χ1v) is 6.96. The second kappa shape index (κ2) is 6.50. The summed E-state index contributed by atoms with van der Waals surface area (Å²) in [5.74, 6) is 0. The summed E-state index contributed by atoms with van der Waals surface area (Å²) in [4.78, 5) is 0. The molecule has 0 aromatic heterocycles. The maximum atomic E-state index is 8.82. The number of aliphatic hydroxyl groups is 1. The lowest BCUT2D eigenvalue weighted by atomic mass is 10.5. The van der Waals surface area contributed by atoms with Gasteiger partial charge >= 0.3 is 8.56 Å². The number of ether oxygens (including phenoxy) is 1. The molecule has 0 spiro atoms. The SMILES string of the molecule is CO[Si](C)(CCCOC(C)O)OC. The van der Waals surface area contributed by atoms with E-state index in [1.807, 2.05) is 6.55 Å². The molecular formula is C8H20O4Si.